The lowest BCUT2D eigenvalue weighted by molar-refractivity contribution is -0.121. The topological polar surface area (TPSA) is 70.2 Å². The standard InChI is InChI=1S/C14H18FN3O2S/c1-2-3-4-9-12(19)17-18-14(21)16-13(20)10-7-5-6-8-11(10)15/h5-8H,2-4,9H2,1H3,(H,17,19)(H2,16,18,20,21). The zero-order valence-corrected chi connectivity index (χ0v) is 12.6. The molecule has 0 aromatic heterocycles. The van der Waals surface area contributed by atoms with Gasteiger partial charge in [0, 0.05) is 6.42 Å². The summed E-state index contributed by atoms with van der Waals surface area (Å²) in [7, 11) is 0. The molecule has 0 bridgehead atoms. The summed E-state index contributed by atoms with van der Waals surface area (Å²) in [6, 6.07) is 5.56. The van der Waals surface area contributed by atoms with Crippen LogP contribution in [0.25, 0.3) is 0 Å². The summed E-state index contributed by atoms with van der Waals surface area (Å²) >= 11 is 4.85. The number of unbranched alkanes of at least 4 members (excludes halogenated alkanes) is 2. The fraction of sp³-hybridized carbons (Fsp3) is 0.357. The molecule has 0 aliphatic heterocycles. The summed E-state index contributed by atoms with van der Waals surface area (Å²) in [5.74, 6) is -1.53. The highest BCUT2D eigenvalue weighted by atomic mass is 32.1. The fourth-order valence-electron chi connectivity index (χ4n) is 1.57. The number of carbonyl (C=O) groups excluding carboxylic acids is 2. The highest BCUT2D eigenvalue weighted by Gasteiger charge is 2.12. The van der Waals surface area contributed by atoms with E-state index in [1.807, 2.05) is 6.92 Å². The van der Waals surface area contributed by atoms with Crippen molar-refractivity contribution in [3.8, 4) is 0 Å². The Hall–Kier alpha value is -2.02. The normalized spacial score (nSPS) is 9.81. The first kappa shape index (κ1) is 17.0. The first-order valence-electron chi connectivity index (χ1n) is 6.69. The summed E-state index contributed by atoms with van der Waals surface area (Å²) in [6.07, 6.45) is 3.17. The summed E-state index contributed by atoms with van der Waals surface area (Å²) in [5.41, 5.74) is 4.67. The van der Waals surface area contributed by atoms with Gasteiger partial charge in [0.25, 0.3) is 5.91 Å². The molecule has 0 radical (unpaired) electrons. The fourth-order valence-corrected chi connectivity index (χ4v) is 1.72. The summed E-state index contributed by atoms with van der Waals surface area (Å²) < 4.78 is 13.4. The van der Waals surface area contributed by atoms with Crippen LogP contribution >= 0.6 is 12.2 Å². The number of amides is 2. The van der Waals surface area contributed by atoms with Gasteiger partial charge < -0.3 is 0 Å². The highest BCUT2D eigenvalue weighted by molar-refractivity contribution is 7.80. The number of halogens is 1. The molecule has 0 aliphatic rings. The van der Waals surface area contributed by atoms with Gasteiger partial charge >= 0.3 is 0 Å². The summed E-state index contributed by atoms with van der Waals surface area (Å²) in [5, 5.41) is 2.20. The van der Waals surface area contributed by atoms with Crippen LogP contribution in [0.2, 0.25) is 0 Å². The Kier molecular flexibility index (Phi) is 7.31. The van der Waals surface area contributed by atoms with E-state index in [1.165, 1.54) is 18.2 Å². The molecule has 5 nitrogen and oxygen atoms in total. The zero-order chi connectivity index (χ0) is 15.7. The minimum absolute atomic E-state index is 0.0907. The lowest BCUT2D eigenvalue weighted by atomic mass is 10.2. The number of thiocarbonyl (C=S) groups is 1. The number of hydrazine groups is 1. The second-order valence-corrected chi connectivity index (χ2v) is 4.80. The molecule has 0 saturated carbocycles. The smallest absolute Gasteiger partial charge is 0.260 e. The van der Waals surface area contributed by atoms with Crippen molar-refractivity contribution in [3.63, 3.8) is 0 Å². The molecule has 0 spiro atoms. The Morgan fingerprint density at radius 2 is 1.90 bits per heavy atom. The van der Waals surface area contributed by atoms with E-state index < -0.39 is 11.7 Å². The van der Waals surface area contributed by atoms with E-state index in [0.29, 0.717) is 6.42 Å². The van der Waals surface area contributed by atoms with Crippen molar-refractivity contribution in [2.75, 3.05) is 0 Å². The minimum atomic E-state index is -0.675. The molecule has 0 aliphatic carbocycles. The molecule has 1 rings (SSSR count). The third-order valence-electron chi connectivity index (χ3n) is 2.67. The molecule has 2 amide bonds. The molecule has 0 atom stereocenters. The van der Waals surface area contributed by atoms with Crippen molar-refractivity contribution in [3.05, 3.63) is 35.6 Å². The van der Waals surface area contributed by atoms with Gasteiger partial charge in [-0.25, -0.2) is 4.39 Å². The van der Waals surface area contributed by atoms with E-state index in [0.717, 1.165) is 19.3 Å². The van der Waals surface area contributed by atoms with Crippen LogP contribution in [-0.4, -0.2) is 16.9 Å². The monoisotopic (exact) mass is 311 g/mol. The van der Waals surface area contributed by atoms with Gasteiger partial charge in [-0.2, -0.15) is 0 Å². The van der Waals surface area contributed by atoms with Crippen molar-refractivity contribution in [2.45, 2.75) is 32.6 Å². The number of rotatable bonds is 5. The second kappa shape index (κ2) is 9.02. The molecule has 114 valence electrons. The molecular weight excluding hydrogens is 293 g/mol. The molecule has 7 heteroatoms. The molecule has 3 N–H and O–H groups in total. The van der Waals surface area contributed by atoms with Gasteiger partial charge in [-0.1, -0.05) is 31.9 Å². The minimum Gasteiger partial charge on any atom is -0.298 e. The number of hydrogen-bond donors (Lipinski definition) is 3. The Bertz CT molecular complexity index is 523. The van der Waals surface area contributed by atoms with Crippen LogP contribution in [0.4, 0.5) is 4.39 Å². The lowest BCUT2D eigenvalue weighted by Crippen LogP contribution is -2.48. The van der Waals surface area contributed by atoms with Gasteiger partial charge in [0.05, 0.1) is 5.56 Å². The predicted molar refractivity (Wildman–Crippen MR) is 81.9 cm³/mol. The molecule has 0 unspecified atom stereocenters. The van der Waals surface area contributed by atoms with Crippen LogP contribution in [0.5, 0.6) is 0 Å². The van der Waals surface area contributed by atoms with E-state index in [4.69, 9.17) is 12.2 Å². The first-order valence-corrected chi connectivity index (χ1v) is 7.10. The quantitative estimate of drug-likeness (QED) is 0.442. The second-order valence-electron chi connectivity index (χ2n) is 4.39. The number of carbonyl (C=O) groups is 2. The zero-order valence-electron chi connectivity index (χ0n) is 11.7. The van der Waals surface area contributed by atoms with Crippen molar-refractivity contribution >= 4 is 29.1 Å². The Labute approximate surface area is 128 Å². The summed E-state index contributed by atoms with van der Waals surface area (Å²) in [4.78, 5) is 23.2. The largest absolute Gasteiger partial charge is 0.298 e. The molecule has 1 aromatic rings. The molecular formula is C14H18FN3O2S. The van der Waals surface area contributed by atoms with Crippen molar-refractivity contribution < 1.29 is 14.0 Å². The first-order chi connectivity index (χ1) is 10.0. The van der Waals surface area contributed by atoms with Gasteiger partial charge in [-0.05, 0) is 30.8 Å². The lowest BCUT2D eigenvalue weighted by Gasteiger charge is -2.11. The number of hydrogen-bond acceptors (Lipinski definition) is 3. The van der Waals surface area contributed by atoms with E-state index in [-0.39, 0.29) is 16.6 Å². The van der Waals surface area contributed by atoms with Crippen LogP contribution in [0.3, 0.4) is 0 Å². The van der Waals surface area contributed by atoms with Gasteiger partial charge in [0.2, 0.25) is 5.91 Å². The van der Waals surface area contributed by atoms with Crippen molar-refractivity contribution in [2.24, 2.45) is 0 Å². The van der Waals surface area contributed by atoms with Gasteiger partial charge in [0.1, 0.15) is 5.82 Å². The maximum Gasteiger partial charge on any atom is 0.260 e. The number of benzene rings is 1. The van der Waals surface area contributed by atoms with Gasteiger partial charge in [-0.15, -0.1) is 0 Å². The maximum absolute atomic E-state index is 13.4. The van der Waals surface area contributed by atoms with Crippen LogP contribution < -0.4 is 16.2 Å². The Balaban J connectivity index is 2.35. The maximum atomic E-state index is 13.4. The van der Waals surface area contributed by atoms with E-state index in [1.54, 1.807) is 6.07 Å². The molecule has 21 heavy (non-hydrogen) atoms. The van der Waals surface area contributed by atoms with Crippen LogP contribution in [0, 0.1) is 5.82 Å². The average Bonchev–Trinajstić information content (AvgIpc) is 2.46. The average molecular weight is 311 g/mol. The Morgan fingerprint density at radius 1 is 1.19 bits per heavy atom. The molecule has 1 aromatic carbocycles. The number of nitrogens with one attached hydrogen (secondary N) is 3. The van der Waals surface area contributed by atoms with Crippen LogP contribution in [-0.2, 0) is 4.79 Å². The van der Waals surface area contributed by atoms with Gasteiger partial charge in [-0.3, -0.25) is 25.8 Å². The molecule has 0 fully saturated rings. The van der Waals surface area contributed by atoms with Gasteiger partial charge in [0.15, 0.2) is 5.11 Å². The van der Waals surface area contributed by atoms with Crippen molar-refractivity contribution in [1.29, 1.82) is 0 Å². The van der Waals surface area contributed by atoms with Crippen molar-refractivity contribution in [1.82, 2.24) is 16.2 Å². The highest BCUT2D eigenvalue weighted by Crippen LogP contribution is 2.05. The third kappa shape index (κ3) is 6.31. The van der Waals surface area contributed by atoms with E-state index in [2.05, 4.69) is 16.2 Å². The summed E-state index contributed by atoms with van der Waals surface area (Å²) in [6.45, 7) is 2.05. The SMILES string of the molecule is CCCCCC(=O)NNC(=S)NC(=O)c1ccccc1F. The predicted octanol–water partition coefficient (Wildman–Crippen LogP) is 2.04. The third-order valence-corrected chi connectivity index (χ3v) is 2.87. The molecule has 0 saturated heterocycles. The van der Waals surface area contributed by atoms with Crippen LogP contribution in [0.1, 0.15) is 43.0 Å². The van der Waals surface area contributed by atoms with E-state index in [9.17, 15) is 14.0 Å². The molecule has 0 heterocycles. The Morgan fingerprint density at radius 3 is 2.57 bits per heavy atom. The van der Waals surface area contributed by atoms with Crippen LogP contribution in [0.15, 0.2) is 24.3 Å². The van der Waals surface area contributed by atoms with E-state index >= 15 is 0 Å².